The maximum Gasteiger partial charge on any atom is 0.312 e. The third-order valence-corrected chi connectivity index (χ3v) is 8.52. The molecule has 0 aromatic heterocycles. The minimum atomic E-state index is -0.510. The summed E-state index contributed by atoms with van der Waals surface area (Å²) < 4.78 is 43.7. The molecule has 0 aromatic carbocycles. The number of carbonyl (C=O) groups is 3. The van der Waals surface area contributed by atoms with Crippen LogP contribution in [-0.4, -0.2) is 93.9 Å². The van der Waals surface area contributed by atoms with Gasteiger partial charge in [-0.1, -0.05) is 28.7 Å². The summed E-state index contributed by atoms with van der Waals surface area (Å²) in [6.07, 6.45) is -0.0793. The lowest BCUT2D eigenvalue weighted by atomic mass is 9.87. The van der Waals surface area contributed by atoms with Crippen molar-refractivity contribution in [1.29, 1.82) is 0 Å². The molecule has 0 aliphatic carbocycles. The summed E-state index contributed by atoms with van der Waals surface area (Å²) in [5, 5.41) is 0. The van der Waals surface area contributed by atoms with Gasteiger partial charge in [0.2, 0.25) is 0 Å². The lowest BCUT2D eigenvalue weighted by Crippen LogP contribution is -2.42. The van der Waals surface area contributed by atoms with Crippen molar-refractivity contribution in [3.05, 3.63) is 0 Å². The van der Waals surface area contributed by atoms with Gasteiger partial charge in [-0.25, -0.2) is 0 Å². The molecule has 40 heavy (non-hydrogen) atoms. The number of fused-ring (bicyclic) bond motifs is 2. The molecule has 5 rings (SSSR count). The van der Waals surface area contributed by atoms with Gasteiger partial charge in [-0.3, -0.25) is 14.4 Å². The van der Waals surface area contributed by atoms with Gasteiger partial charge in [0.15, 0.2) is 18.3 Å². The summed E-state index contributed by atoms with van der Waals surface area (Å²) in [4.78, 5) is 35.7. The Morgan fingerprint density at radius 3 is 1.98 bits per heavy atom. The number of methoxy groups -OCH3 is 1. The highest BCUT2D eigenvalue weighted by atomic mass is 16.7. The first-order valence-corrected chi connectivity index (χ1v) is 13.5. The van der Waals surface area contributed by atoms with E-state index in [1.165, 1.54) is 0 Å². The van der Waals surface area contributed by atoms with Crippen molar-refractivity contribution in [3.8, 4) is 0 Å². The van der Waals surface area contributed by atoms with Gasteiger partial charge in [0.25, 0.3) is 0 Å². The number of esters is 3. The minimum Gasteiger partial charge on any atom is -0.457 e. The van der Waals surface area contributed by atoms with Crippen molar-refractivity contribution in [2.75, 3.05) is 27.1 Å². The second-order valence-electron chi connectivity index (χ2n) is 11.9. The molecule has 0 radical (unpaired) electrons. The van der Waals surface area contributed by atoms with Crippen LogP contribution in [0.2, 0.25) is 0 Å². The van der Waals surface area contributed by atoms with Gasteiger partial charge in [-0.2, -0.15) is 0 Å². The van der Waals surface area contributed by atoms with Gasteiger partial charge < -0.3 is 37.9 Å². The van der Waals surface area contributed by atoms with Crippen LogP contribution >= 0.6 is 0 Å². The highest BCUT2D eigenvalue weighted by Gasteiger charge is 2.65. The first kappa shape index (κ1) is 34.4. The molecule has 0 aromatic rings. The van der Waals surface area contributed by atoms with Crippen LogP contribution in [0, 0.1) is 16.7 Å². The Bertz CT molecular complexity index is 887. The standard InChI is InChI=1S/C14H24O6.C13H18O5.2CH4/c1-5-14(2,3)13(15)20-10-7-18-11-9(19-8-16-4)6-17-12(10)11;1-4-13(2,3)12(15)18-9-7-5-6-8(16-7)10(9)17-11(6)14;;/h9-12H,5-8H2,1-4H3;6-10H,4-5H2,1-3H3;2*1H4. The zero-order valence-electron chi connectivity index (χ0n) is 23.4. The van der Waals surface area contributed by atoms with E-state index >= 15 is 0 Å². The summed E-state index contributed by atoms with van der Waals surface area (Å²) in [5.74, 6) is -0.806. The van der Waals surface area contributed by atoms with Crippen molar-refractivity contribution in [1.82, 2.24) is 0 Å². The molecular formula is C29H50O11. The Morgan fingerprint density at radius 2 is 1.40 bits per heavy atom. The monoisotopic (exact) mass is 574 g/mol. The molecule has 0 N–H and O–H groups in total. The van der Waals surface area contributed by atoms with Crippen LogP contribution in [0.1, 0.15) is 75.7 Å². The van der Waals surface area contributed by atoms with E-state index in [-0.39, 0.29) is 82.1 Å². The molecule has 11 nitrogen and oxygen atoms in total. The largest absolute Gasteiger partial charge is 0.457 e. The molecule has 9 atom stereocenters. The first-order chi connectivity index (χ1) is 17.9. The van der Waals surface area contributed by atoms with Crippen LogP contribution in [0.5, 0.6) is 0 Å². The van der Waals surface area contributed by atoms with E-state index < -0.39 is 23.0 Å². The lowest BCUT2D eigenvalue weighted by Gasteiger charge is -2.27. The number of carbonyl (C=O) groups excluding carboxylic acids is 3. The van der Waals surface area contributed by atoms with Crippen LogP contribution in [0.25, 0.3) is 0 Å². The van der Waals surface area contributed by atoms with E-state index in [0.717, 1.165) is 6.42 Å². The van der Waals surface area contributed by atoms with Crippen LogP contribution in [0.15, 0.2) is 0 Å². The van der Waals surface area contributed by atoms with Gasteiger partial charge in [0.1, 0.15) is 31.2 Å². The van der Waals surface area contributed by atoms with Gasteiger partial charge in [0, 0.05) is 7.11 Å². The Morgan fingerprint density at radius 1 is 0.850 bits per heavy atom. The molecule has 9 unspecified atom stereocenters. The van der Waals surface area contributed by atoms with E-state index in [9.17, 15) is 14.4 Å². The summed E-state index contributed by atoms with van der Waals surface area (Å²) >= 11 is 0. The number of hydrogen-bond donors (Lipinski definition) is 0. The zero-order valence-corrected chi connectivity index (χ0v) is 23.4. The van der Waals surface area contributed by atoms with Crippen molar-refractivity contribution in [2.24, 2.45) is 16.7 Å². The summed E-state index contributed by atoms with van der Waals surface area (Å²) in [7, 11) is 1.57. The first-order valence-electron chi connectivity index (χ1n) is 13.5. The molecule has 0 saturated carbocycles. The number of hydrogen-bond acceptors (Lipinski definition) is 11. The average molecular weight is 575 g/mol. The highest BCUT2D eigenvalue weighted by molar-refractivity contribution is 5.79. The molecule has 5 aliphatic heterocycles. The SMILES string of the molecule is C.C.CCC(C)(C)C(=O)OC1C2CC3C(=O)OC1C3O2.CCC(C)(C)C(=O)OC1COC2C(OCOC)COC12. The molecular weight excluding hydrogens is 524 g/mol. The van der Waals surface area contributed by atoms with Gasteiger partial charge in [-0.15, -0.1) is 0 Å². The van der Waals surface area contributed by atoms with Crippen molar-refractivity contribution in [2.45, 2.75) is 124 Å². The fourth-order valence-electron chi connectivity index (χ4n) is 5.08. The molecule has 5 heterocycles. The van der Waals surface area contributed by atoms with Gasteiger partial charge >= 0.3 is 17.9 Å². The van der Waals surface area contributed by atoms with E-state index in [4.69, 9.17) is 37.9 Å². The van der Waals surface area contributed by atoms with Crippen LogP contribution in [-0.2, 0) is 52.3 Å². The maximum absolute atomic E-state index is 12.1. The topological polar surface area (TPSA) is 125 Å². The molecule has 2 bridgehead atoms. The predicted octanol–water partition coefficient (Wildman–Crippen LogP) is 3.44. The lowest BCUT2D eigenvalue weighted by molar-refractivity contribution is -0.169. The predicted molar refractivity (Wildman–Crippen MR) is 144 cm³/mol. The average Bonchev–Trinajstić information content (AvgIpc) is 3.68. The Hall–Kier alpha value is -1.79. The van der Waals surface area contributed by atoms with E-state index in [1.54, 1.807) is 7.11 Å². The Labute approximate surface area is 238 Å². The smallest absolute Gasteiger partial charge is 0.312 e. The molecule has 5 aliphatic rings. The van der Waals surface area contributed by atoms with Crippen molar-refractivity contribution >= 4 is 17.9 Å². The molecule has 5 fully saturated rings. The fraction of sp³-hybridized carbons (Fsp3) is 0.897. The fourth-order valence-corrected chi connectivity index (χ4v) is 5.08. The minimum absolute atomic E-state index is 0. The Kier molecular flexibility index (Phi) is 11.6. The zero-order chi connectivity index (χ0) is 27.8. The summed E-state index contributed by atoms with van der Waals surface area (Å²) in [5.41, 5.74) is -0.994. The van der Waals surface area contributed by atoms with E-state index in [2.05, 4.69) is 0 Å². The number of ether oxygens (including phenoxy) is 8. The summed E-state index contributed by atoms with van der Waals surface area (Å²) in [6.45, 7) is 12.4. The second-order valence-corrected chi connectivity index (χ2v) is 11.9. The van der Waals surface area contributed by atoms with Crippen LogP contribution < -0.4 is 0 Å². The normalized spacial score (nSPS) is 35.1. The third-order valence-electron chi connectivity index (χ3n) is 8.52. The molecule has 0 amide bonds. The van der Waals surface area contributed by atoms with Crippen molar-refractivity contribution in [3.63, 3.8) is 0 Å². The maximum atomic E-state index is 12.1. The van der Waals surface area contributed by atoms with Gasteiger partial charge in [-0.05, 0) is 47.0 Å². The molecule has 11 heteroatoms. The molecule has 232 valence electrons. The van der Waals surface area contributed by atoms with Gasteiger partial charge in [0.05, 0.1) is 36.1 Å². The number of rotatable bonds is 9. The van der Waals surface area contributed by atoms with Crippen LogP contribution in [0.4, 0.5) is 0 Å². The highest BCUT2D eigenvalue weighted by Crippen LogP contribution is 2.48. The van der Waals surface area contributed by atoms with E-state index in [0.29, 0.717) is 26.1 Å². The quantitative estimate of drug-likeness (QED) is 0.228. The summed E-state index contributed by atoms with van der Waals surface area (Å²) in [6, 6.07) is 0. The van der Waals surface area contributed by atoms with Crippen molar-refractivity contribution < 1.29 is 52.3 Å². The van der Waals surface area contributed by atoms with Crippen LogP contribution in [0.3, 0.4) is 0 Å². The van der Waals surface area contributed by atoms with E-state index in [1.807, 2.05) is 41.5 Å². The third kappa shape index (κ3) is 6.64. The Balaban J connectivity index is 0.000000268. The second kappa shape index (κ2) is 13.5. The molecule has 5 saturated heterocycles. The molecule has 0 spiro atoms.